The van der Waals surface area contributed by atoms with Crippen LogP contribution in [0.15, 0.2) is 30.5 Å². The van der Waals surface area contributed by atoms with Crippen molar-refractivity contribution in [2.75, 3.05) is 0 Å². The number of nitrogens with one attached hydrogen (secondary N) is 1. The van der Waals surface area contributed by atoms with Gasteiger partial charge in [-0.2, -0.15) is 5.10 Å². The minimum Gasteiger partial charge on any atom is -0.271 e. The molecule has 2 rings (SSSR count). The second-order valence-corrected chi connectivity index (χ2v) is 5.38. The number of nitrogens with two attached hydrogens (primary N) is 1. The Morgan fingerprint density at radius 1 is 1.40 bits per heavy atom. The van der Waals surface area contributed by atoms with E-state index in [-0.39, 0.29) is 11.1 Å². The third kappa shape index (κ3) is 3.36. The lowest BCUT2D eigenvalue weighted by Gasteiger charge is -2.15. The molecule has 0 aliphatic heterocycles. The molecule has 0 spiro atoms. The Balaban J connectivity index is 2.17. The normalized spacial score (nSPS) is 12.9. The van der Waals surface area contributed by atoms with Gasteiger partial charge in [0.2, 0.25) is 0 Å². The van der Waals surface area contributed by atoms with Gasteiger partial charge in [0.05, 0.1) is 16.8 Å². The van der Waals surface area contributed by atoms with Gasteiger partial charge in [0, 0.05) is 18.7 Å². The van der Waals surface area contributed by atoms with E-state index in [0.717, 1.165) is 11.3 Å². The van der Waals surface area contributed by atoms with E-state index in [0.29, 0.717) is 12.5 Å². The molecule has 1 aromatic heterocycles. The van der Waals surface area contributed by atoms with E-state index in [1.54, 1.807) is 6.07 Å². The average molecular weight is 297 g/mol. The summed E-state index contributed by atoms with van der Waals surface area (Å²) in [4.78, 5) is 0. The molecule has 108 valence electrons. The third-order valence-electron chi connectivity index (χ3n) is 3.15. The van der Waals surface area contributed by atoms with Crippen molar-refractivity contribution in [3.05, 3.63) is 52.6 Å². The van der Waals surface area contributed by atoms with Gasteiger partial charge >= 0.3 is 0 Å². The molecule has 1 atom stereocenters. The molecule has 1 unspecified atom stereocenters. The van der Waals surface area contributed by atoms with Gasteiger partial charge in [0.25, 0.3) is 0 Å². The van der Waals surface area contributed by atoms with Gasteiger partial charge in [-0.25, -0.2) is 4.39 Å². The Hall–Kier alpha value is -1.43. The predicted molar refractivity (Wildman–Crippen MR) is 77.8 cm³/mol. The first-order valence-electron chi connectivity index (χ1n) is 6.46. The first-order chi connectivity index (χ1) is 9.51. The Morgan fingerprint density at radius 2 is 2.15 bits per heavy atom. The molecule has 0 saturated carbocycles. The zero-order chi connectivity index (χ0) is 14.7. The quantitative estimate of drug-likeness (QED) is 0.659. The first kappa shape index (κ1) is 15.0. The molecule has 1 heterocycles. The van der Waals surface area contributed by atoms with E-state index in [2.05, 4.69) is 24.4 Å². The van der Waals surface area contributed by atoms with Crippen LogP contribution >= 0.6 is 11.6 Å². The third-order valence-corrected chi connectivity index (χ3v) is 3.46. The van der Waals surface area contributed by atoms with Gasteiger partial charge in [-0.15, -0.1) is 0 Å². The fourth-order valence-electron chi connectivity index (χ4n) is 1.99. The Morgan fingerprint density at radius 3 is 2.70 bits per heavy atom. The largest absolute Gasteiger partial charge is 0.271 e. The molecule has 0 aliphatic carbocycles. The standard InChI is InChI=1S/C14H18ClFN4/c1-9(2)20-6-5-11(19-20)8-14(18-17)10-3-4-12(15)13(16)7-10/h3-7,9,14,18H,8,17H2,1-2H3. The first-order valence-corrected chi connectivity index (χ1v) is 6.84. The van der Waals surface area contributed by atoms with Crippen LogP contribution in [0.3, 0.4) is 0 Å². The highest BCUT2D eigenvalue weighted by Gasteiger charge is 2.14. The molecule has 0 amide bonds. The van der Waals surface area contributed by atoms with Crippen molar-refractivity contribution in [1.29, 1.82) is 0 Å². The van der Waals surface area contributed by atoms with Crippen LogP contribution in [-0.2, 0) is 6.42 Å². The van der Waals surface area contributed by atoms with E-state index < -0.39 is 5.82 Å². The topological polar surface area (TPSA) is 55.9 Å². The van der Waals surface area contributed by atoms with Crippen LogP contribution in [0.5, 0.6) is 0 Å². The molecule has 4 nitrogen and oxygen atoms in total. The fraction of sp³-hybridized carbons (Fsp3) is 0.357. The highest BCUT2D eigenvalue weighted by atomic mass is 35.5. The van der Waals surface area contributed by atoms with Crippen LogP contribution in [0, 0.1) is 5.82 Å². The second-order valence-electron chi connectivity index (χ2n) is 4.98. The van der Waals surface area contributed by atoms with Crippen molar-refractivity contribution >= 4 is 11.6 Å². The van der Waals surface area contributed by atoms with Crippen molar-refractivity contribution < 1.29 is 4.39 Å². The summed E-state index contributed by atoms with van der Waals surface area (Å²) in [7, 11) is 0. The maximum Gasteiger partial charge on any atom is 0.142 e. The minimum absolute atomic E-state index is 0.105. The molecule has 1 aromatic carbocycles. The van der Waals surface area contributed by atoms with E-state index >= 15 is 0 Å². The second kappa shape index (κ2) is 6.35. The molecule has 0 fully saturated rings. The lowest BCUT2D eigenvalue weighted by atomic mass is 10.0. The summed E-state index contributed by atoms with van der Waals surface area (Å²) < 4.78 is 15.4. The SMILES string of the molecule is CC(C)n1ccc(CC(NN)c2ccc(Cl)c(F)c2)n1. The average Bonchev–Trinajstić information content (AvgIpc) is 2.88. The van der Waals surface area contributed by atoms with Crippen molar-refractivity contribution in [2.24, 2.45) is 5.84 Å². The van der Waals surface area contributed by atoms with Gasteiger partial charge in [0.15, 0.2) is 0 Å². The van der Waals surface area contributed by atoms with E-state index in [1.807, 2.05) is 16.9 Å². The predicted octanol–water partition coefficient (Wildman–Crippen LogP) is 3.00. The molecule has 3 N–H and O–H groups in total. The van der Waals surface area contributed by atoms with Crippen molar-refractivity contribution in [3.63, 3.8) is 0 Å². The monoisotopic (exact) mass is 296 g/mol. The van der Waals surface area contributed by atoms with Gasteiger partial charge in [0.1, 0.15) is 5.82 Å². The Bertz CT molecular complexity index is 582. The molecule has 2 aromatic rings. The lowest BCUT2D eigenvalue weighted by molar-refractivity contribution is 0.505. The van der Waals surface area contributed by atoms with Gasteiger partial charge in [-0.3, -0.25) is 16.0 Å². The van der Waals surface area contributed by atoms with E-state index in [1.165, 1.54) is 12.1 Å². The van der Waals surface area contributed by atoms with Crippen molar-refractivity contribution in [1.82, 2.24) is 15.2 Å². The number of benzene rings is 1. The molecule has 0 saturated heterocycles. The fourth-order valence-corrected chi connectivity index (χ4v) is 2.10. The molecule has 6 heteroatoms. The minimum atomic E-state index is -0.447. The van der Waals surface area contributed by atoms with Crippen LogP contribution in [0.4, 0.5) is 4.39 Å². The highest BCUT2D eigenvalue weighted by molar-refractivity contribution is 6.30. The van der Waals surface area contributed by atoms with Gasteiger partial charge in [-0.1, -0.05) is 17.7 Å². The zero-order valence-electron chi connectivity index (χ0n) is 11.5. The van der Waals surface area contributed by atoms with Crippen LogP contribution in [0.25, 0.3) is 0 Å². The number of rotatable bonds is 5. The number of aromatic nitrogens is 2. The lowest BCUT2D eigenvalue weighted by Crippen LogP contribution is -2.29. The summed E-state index contributed by atoms with van der Waals surface area (Å²) in [5.74, 6) is 5.12. The number of hydrazine groups is 1. The summed E-state index contributed by atoms with van der Waals surface area (Å²) in [5, 5.41) is 4.57. The summed E-state index contributed by atoms with van der Waals surface area (Å²) >= 11 is 5.68. The Kier molecular flexibility index (Phi) is 4.75. The number of hydrogen-bond acceptors (Lipinski definition) is 3. The molecule has 20 heavy (non-hydrogen) atoms. The zero-order valence-corrected chi connectivity index (χ0v) is 12.2. The molecular weight excluding hydrogens is 279 g/mol. The van der Waals surface area contributed by atoms with Crippen LogP contribution in [0.1, 0.15) is 37.2 Å². The number of nitrogens with zero attached hydrogens (tertiary/aromatic N) is 2. The maximum atomic E-state index is 13.5. The smallest absolute Gasteiger partial charge is 0.142 e. The van der Waals surface area contributed by atoms with Crippen molar-refractivity contribution in [3.8, 4) is 0 Å². The number of hydrogen-bond donors (Lipinski definition) is 2. The molecule has 0 aliphatic rings. The Labute approximate surface area is 122 Å². The molecule has 0 bridgehead atoms. The van der Waals surface area contributed by atoms with Gasteiger partial charge < -0.3 is 0 Å². The molecule has 0 radical (unpaired) electrons. The summed E-state index contributed by atoms with van der Waals surface area (Å²) in [6, 6.07) is 6.72. The van der Waals surface area contributed by atoms with Crippen LogP contribution in [-0.4, -0.2) is 9.78 Å². The maximum absolute atomic E-state index is 13.5. The summed E-state index contributed by atoms with van der Waals surface area (Å²) in [5.41, 5.74) is 4.34. The van der Waals surface area contributed by atoms with Crippen LogP contribution < -0.4 is 11.3 Å². The number of halogens is 2. The highest BCUT2D eigenvalue weighted by Crippen LogP contribution is 2.22. The van der Waals surface area contributed by atoms with Gasteiger partial charge in [-0.05, 0) is 37.6 Å². The van der Waals surface area contributed by atoms with E-state index in [4.69, 9.17) is 17.4 Å². The molecular formula is C14H18ClFN4. The van der Waals surface area contributed by atoms with Crippen LogP contribution in [0.2, 0.25) is 5.02 Å². The van der Waals surface area contributed by atoms with Crippen molar-refractivity contribution in [2.45, 2.75) is 32.4 Å². The van der Waals surface area contributed by atoms with E-state index in [9.17, 15) is 4.39 Å². The summed E-state index contributed by atoms with van der Waals surface area (Å²) in [6.45, 7) is 4.12. The summed E-state index contributed by atoms with van der Waals surface area (Å²) in [6.07, 6.45) is 2.51.